The molecular weight excluding hydrogens is 183 g/mol. The van der Waals surface area contributed by atoms with E-state index in [1.165, 1.54) is 23.1 Å². The average molecular weight is 188 g/mol. The fourth-order valence-corrected chi connectivity index (χ4v) is 1.11. The molecule has 0 radical (unpaired) electrons. The molecule has 2 aromatic rings. The number of nitrogens with zero attached hydrogens (tertiary/aromatic N) is 4. The van der Waals surface area contributed by atoms with Gasteiger partial charge in [0.15, 0.2) is 0 Å². The van der Waals surface area contributed by atoms with Gasteiger partial charge in [0.05, 0.1) is 5.69 Å². The van der Waals surface area contributed by atoms with Gasteiger partial charge < -0.3 is 0 Å². The normalized spacial score (nSPS) is 9.71. The van der Waals surface area contributed by atoms with E-state index in [-0.39, 0.29) is 11.6 Å². The first kappa shape index (κ1) is 8.38. The second-order valence-corrected chi connectivity index (χ2v) is 2.59. The lowest BCUT2D eigenvalue weighted by molar-refractivity contribution is 0.625. The van der Waals surface area contributed by atoms with E-state index >= 15 is 0 Å². The van der Waals surface area contributed by atoms with Crippen LogP contribution in [0, 0.1) is 17.1 Å². The highest BCUT2D eigenvalue weighted by Gasteiger charge is 2.05. The molecule has 0 N–H and O–H groups in total. The molecule has 1 heterocycles. The van der Waals surface area contributed by atoms with E-state index in [2.05, 4.69) is 10.1 Å². The molecule has 1 aromatic carbocycles. The zero-order chi connectivity index (χ0) is 9.97. The van der Waals surface area contributed by atoms with Gasteiger partial charge in [0, 0.05) is 0 Å². The van der Waals surface area contributed by atoms with E-state index in [4.69, 9.17) is 5.26 Å². The first-order chi connectivity index (χ1) is 6.81. The van der Waals surface area contributed by atoms with Gasteiger partial charge in [0.2, 0.25) is 5.82 Å². The van der Waals surface area contributed by atoms with Crippen LogP contribution in [0.5, 0.6) is 0 Å². The number of aromatic nitrogens is 3. The molecule has 4 nitrogen and oxygen atoms in total. The summed E-state index contributed by atoms with van der Waals surface area (Å²) in [6.07, 6.45) is 1.25. The Kier molecular flexibility index (Phi) is 1.95. The molecule has 68 valence electrons. The molecule has 0 aliphatic carbocycles. The molecule has 0 saturated carbocycles. The van der Waals surface area contributed by atoms with E-state index in [1.807, 2.05) is 6.07 Å². The predicted octanol–water partition coefficient (Wildman–Crippen LogP) is 1.28. The second kappa shape index (κ2) is 3.26. The van der Waals surface area contributed by atoms with Gasteiger partial charge in [0.1, 0.15) is 18.2 Å². The maximum absolute atomic E-state index is 12.9. The van der Waals surface area contributed by atoms with Crippen molar-refractivity contribution in [3.8, 4) is 11.8 Å². The van der Waals surface area contributed by atoms with Crippen molar-refractivity contribution >= 4 is 0 Å². The summed E-state index contributed by atoms with van der Waals surface area (Å²) < 4.78 is 14.1. The van der Waals surface area contributed by atoms with Crippen LogP contribution >= 0.6 is 0 Å². The number of benzene rings is 1. The van der Waals surface area contributed by atoms with Crippen LogP contribution in [0.15, 0.2) is 30.6 Å². The van der Waals surface area contributed by atoms with Gasteiger partial charge in [-0.25, -0.2) is 14.1 Å². The molecule has 0 atom stereocenters. The minimum atomic E-state index is -0.373. The zero-order valence-corrected chi connectivity index (χ0v) is 7.05. The molecule has 1 aromatic heterocycles. The summed E-state index contributed by atoms with van der Waals surface area (Å²) in [5, 5.41) is 12.5. The quantitative estimate of drug-likeness (QED) is 0.677. The van der Waals surface area contributed by atoms with E-state index in [9.17, 15) is 4.39 Å². The first-order valence-corrected chi connectivity index (χ1v) is 3.87. The number of hydrogen-bond donors (Lipinski definition) is 0. The van der Waals surface area contributed by atoms with Crippen molar-refractivity contribution < 1.29 is 4.39 Å². The lowest BCUT2D eigenvalue weighted by Crippen LogP contribution is -1.99. The van der Waals surface area contributed by atoms with Gasteiger partial charge in [-0.05, 0) is 18.2 Å². The largest absolute Gasteiger partial charge is 0.235 e. The highest BCUT2D eigenvalue weighted by Crippen LogP contribution is 2.09. The Morgan fingerprint density at radius 1 is 1.43 bits per heavy atom. The minimum absolute atomic E-state index is 0.135. The molecule has 2 rings (SSSR count). The Labute approximate surface area is 79.2 Å². The molecule has 0 aliphatic heterocycles. The Morgan fingerprint density at radius 3 is 3.00 bits per heavy atom. The third kappa shape index (κ3) is 1.33. The minimum Gasteiger partial charge on any atom is -0.207 e. The van der Waals surface area contributed by atoms with Gasteiger partial charge in [-0.15, -0.1) is 0 Å². The van der Waals surface area contributed by atoms with Gasteiger partial charge in [-0.1, -0.05) is 6.07 Å². The van der Waals surface area contributed by atoms with Crippen molar-refractivity contribution in [1.82, 2.24) is 14.8 Å². The lowest BCUT2D eigenvalue weighted by Gasteiger charge is -2.00. The Morgan fingerprint density at radius 2 is 2.29 bits per heavy atom. The molecule has 0 aliphatic rings. The van der Waals surface area contributed by atoms with Crippen LogP contribution in [0.1, 0.15) is 5.82 Å². The maximum atomic E-state index is 12.9. The highest BCUT2D eigenvalue weighted by molar-refractivity contribution is 5.33. The van der Waals surface area contributed by atoms with E-state index in [0.29, 0.717) is 5.69 Å². The highest BCUT2D eigenvalue weighted by atomic mass is 19.1. The van der Waals surface area contributed by atoms with Crippen LogP contribution in [0.25, 0.3) is 5.69 Å². The maximum Gasteiger partial charge on any atom is 0.235 e. The van der Waals surface area contributed by atoms with Crippen molar-refractivity contribution in [1.29, 1.82) is 5.26 Å². The fraction of sp³-hybridized carbons (Fsp3) is 0. The standard InChI is InChI=1S/C9H5FN4/c10-7-2-1-3-8(4-7)14-9(5-11)12-6-13-14/h1-4,6H. The summed E-state index contributed by atoms with van der Waals surface area (Å²) in [6, 6.07) is 7.67. The van der Waals surface area contributed by atoms with Crippen molar-refractivity contribution in [2.24, 2.45) is 0 Å². The van der Waals surface area contributed by atoms with Crippen LogP contribution < -0.4 is 0 Å². The molecule has 5 heteroatoms. The molecule has 0 fully saturated rings. The molecule has 0 spiro atoms. The van der Waals surface area contributed by atoms with Gasteiger partial charge in [-0.2, -0.15) is 10.4 Å². The van der Waals surface area contributed by atoms with E-state index < -0.39 is 0 Å². The topological polar surface area (TPSA) is 54.5 Å². The summed E-state index contributed by atoms with van der Waals surface area (Å²) in [5.41, 5.74) is 0.485. The van der Waals surface area contributed by atoms with Crippen LogP contribution in [0.2, 0.25) is 0 Å². The SMILES string of the molecule is N#Cc1ncnn1-c1cccc(F)c1. The predicted molar refractivity (Wildman–Crippen MR) is 46.0 cm³/mol. The average Bonchev–Trinajstić information content (AvgIpc) is 2.65. The zero-order valence-electron chi connectivity index (χ0n) is 7.05. The number of halogens is 1. The molecule has 0 amide bonds. The summed E-state index contributed by atoms with van der Waals surface area (Å²) in [7, 11) is 0. The summed E-state index contributed by atoms with van der Waals surface area (Å²) in [4.78, 5) is 3.71. The summed E-state index contributed by atoms with van der Waals surface area (Å²) in [5.74, 6) is -0.238. The van der Waals surface area contributed by atoms with E-state index in [1.54, 1.807) is 12.1 Å². The second-order valence-electron chi connectivity index (χ2n) is 2.59. The number of hydrogen-bond acceptors (Lipinski definition) is 3. The lowest BCUT2D eigenvalue weighted by atomic mass is 10.3. The Hall–Kier alpha value is -2.22. The molecular formula is C9H5FN4. The monoisotopic (exact) mass is 188 g/mol. The number of rotatable bonds is 1. The van der Waals surface area contributed by atoms with Crippen LogP contribution in [-0.4, -0.2) is 14.8 Å². The fourth-order valence-electron chi connectivity index (χ4n) is 1.11. The van der Waals surface area contributed by atoms with Crippen LogP contribution in [0.4, 0.5) is 4.39 Å². The summed E-state index contributed by atoms with van der Waals surface area (Å²) in [6.45, 7) is 0. The Balaban J connectivity index is 2.56. The van der Waals surface area contributed by atoms with Crippen LogP contribution in [-0.2, 0) is 0 Å². The third-order valence-electron chi connectivity index (χ3n) is 1.70. The molecule has 0 bridgehead atoms. The van der Waals surface area contributed by atoms with Crippen LogP contribution in [0.3, 0.4) is 0 Å². The first-order valence-electron chi connectivity index (χ1n) is 3.87. The smallest absolute Gasteiger partial charge is 0.207 e. The molecule has 14 heavy (non-hydrogen) atoms. The van der Waals surface area contributed by atoms with Crippen molar-refractivity contribution in [3.05, 3.63) is 42.2 Å². The van der Waals surface area contributed by atoms with Crippen molar-refractivity contribution in [2.75, 3.05) is 0 Å². The molecule has 0 unspecified atom stereocenters. The van der Waals surface area contributed by atoms with Crippen molar-refractivity contribution in [2.45, 2.75) is 0 Å². The van der Waals surface area contributed by atoms with Crippen molar-refractivity contribution in [3.63, 3.8) is 0 Å². The van der Waals surface area contributed by atoms with Gasteiger partial charge in [0.25, 0.3) is 0 Å². The number of nitriles is 1. The Bertz CT molecular complexity index is 498. The molecule has 0 saturated heterocycles. The van der Waals surface area contributed by atoms with E-state index in [0.717, 1.165) is 0 Å². The summed E-state index contributed by atoms with van der Waals surface area (Å²) >= 11 is 0. The third-order valence-corrected chi connectivity index (χ3v) is 1.70. The van der Waals surface area contributed by atoms with Gasteiger partial charge >= 0.3 is 0 Å². The van der Waals surface area contributed by atoms with Gasteiger partial charge in [-0.3, -0.25) is 0 Å².